The number of likely N-dealkylation sites (N-methyl/N-ethyl adjacent to an activating group) is 1. The molecule has 1 aliphatic rings. The van der Waals surface area contributed by atoms with E-state index >= 15 is 0 Å². The van der Waals surface area contributed by atoms with Crippen molar-refractivity contribution in [2.45, 2.75) is 33.1 Å². The standard InChI is InChI=1S/C24H35NO3/c1-6-8-9-17-28-19-21(7-2)18-25(4)16-10-11-20(3)22-12-14-23(15-13-22)24(26)27-5/h6,8-9,11-12,14-15,19,22H,1,7,10,13,16-18H2,2-5H3/b9-8-,20-11+,21-19+. The Morgan fingerprint density at radius 2 is 2.21 bits per heavy atom. The third kappa shape index (κ3) is 9.05. The van der Waals surface area contributed by atoms with Crippen molar-refractivity contribution in [3.8, 4) is 0 Å². The van der Waals surface area contributed by atoms with Crippen molar-refractivity contribution in [1.82, 2.24) is 4.90 Å². The summed E-state index contributed by atoms with van der Waals surface area (Å²) in [6.45, 7) is 10.4. The van der Waals surface area contributed by atoms with Crippen molar-refractivity contribution in [3.05, 3.63) is 72.1 Å². The summed E-state index contributed by atoms with van der Waals surface area (Å²) in [5, 5.41) is 0. The van der Waals surface area contributed by atoms with Crippen LogP contribution in [0.4, 0.5) is 0 Å². The van der Waals surface area contributed by atoms with E-state index in [-0.39, 0.29) is 5.97 Å². The highest BCUT2D eigenvalue weighted by molar-refractivity contribution is 5.91. The lowest BCUT2D eigenvalue weighted by Gasteiger charge is -2.19. The van der Waals surface area contributed by atoms with Crippen molar-refractivity contribution in [2.24, 2.45) is 5.92 Å². The molecule has 0 radical (unpaired) electrons. The lowest BCUT2D eigenvalue weighted by Crippen LogP contribution is -2.22. The van der Waals surface area contributed by atoms with E-state index in [1.165, 1.54) is 18.3 Å². The molecule has 4 nitrogen and oxygen atoms in total. The molecule has 0 aromatic heterocycles. The van der Waals surface area contributed by atoms with E-state index < -0.39 is 0 Å². The number of nitrogens with zero attached hydrogens (tertiary/aromatic N) is 1. The summed E-state index contributed by atoms with van der Waals surface area (Å²) >= 11 is 0. The zero-order chi connectivity index (χ0) is 20.8. The van der Waals surface area contributed by atoms with Crippen molar-refractivity contribution < 1.29 is 14.3 Å². The molecule has 0 heterocycles. The predicted molar refractivity (Wildman–Crippen MR) is 117 cm³/mol. The maximum Gasteiger partial charge on any atom is 0.337 e. The van der Waals surface area contributed by atoms with Crippen LogP contribution in [0.15, 0.2) is 72.1 Å². The van der Waals surface area contributed by atoms with E-state index in [0.29, 0.717) is 18.1 Å². The van der Waals surface area contributed by atoms with Gasteiger partial charge in [-0.3, -0.25) is 0 Å². The van der Waals surface area contributed by atoms with Crippen LogP contribution in [0.25, 0.3) is 0 Å². The Labute approximate surface area is 170 Å². The fraction of sp³-hybridized carbons (Fsp3) is 0.458. The van der Waals surface area contributed by atoms with Crippen LogP contribution >= 0.6 is 0 Å². The lowest BCUT2D eigenvalue weighted by molar-refractivity contribution is -0.135. The van der Waals surface area contributed by atoms with Gasteiger partial charge in [-0.25, -0.2) is 4.79 Å². The Bertz CT molecular complexity index is 653. The molecule has 28 heavy (non-hydrogen) atoms. The Hall–Kier alpha value is -2.33. The quantitative estimate of drug-likeness (QED) is 0.156. The number of ether oxygens (including phenoxy) is 2. The third-order valence-corrected chi connectivity index (χ3v) is 4.72. The highest BCUT2D eigenvalue weighted by Crippen LogP contribution is 2.24. The first kappa shape index (κ1) is 23.7. The zero-order valence-electron chi connectivity index (χ0n) is 17.8. The first-order valence-corrected chi connectivity index (χ1v) is 9.90. The number of carbonyl (C=O) groups is 1. The minimum absolute atomic E-state index is 0.265. The van der Waals surface area contributed by atoms with Gasteiger partial charge in [-0.2, -0.15) is 0 Å². The second-order valence-electron chi connectivity index (χ2n) is 6.95. The van der Waals surface area contributed by atoms with Crippen molar-refractivity contribution in [2.75, 3.05) is 33.9 Å². The van der Waals surface area contributed by atoms with Gasteiger partial charge in [0.15, 0.2) is 0 Å². The summed E-state index contributed by atoms with van der Waals surface area (Å²) in [5.74, 6) is 0.0975. The molecular weight excluding hydrogens is 350 g/mol. The first-order chi connectivity index (χ1) is 13.5. The molecule has 1 rings (SSSR count). The molecule has 0 aliphatic heterocycles. The van der Waals surface area contributed by atoms with E-state index in [0.717, 1.165) is 32.4 Å². The molecule has 4 heteroatoms. The van der Waals surface area contributed by atoms with E-state index in [9.17, 15) is 4.79 Å². The zero-order valence-corrected chi connectivity index (χ0v) is 17.8. The monoisotopic (exact) mass is 385 g/mol. The van der Waals surface area contributed by atoms with E-state index in [1.54, 1.807) is 6.08 Å². The van der Waals surface area contributed by atoms with Crippen molar-refractivity contribution in [1.29, 1.82) is 0 Å². The number of hydrogen-bond donors (Lipinski definition) is 0. The molecule has 0 spiro atoms. The van der Waals surface area contributed by atoms with Crippen molar-refractivity contribution in [3.63, 3.8) is 0 Å². The Morgan fingerprint density at radius 3 is 2.82 bits per heavy atom. The van der Waals surface area contributed by atoms with Crippen LogP contribution in [-0.2, 0) is 14.3 Å². The first-order valence-electron chi connectivity index (χ1n) is 9.90. The van der Waals surface area contributed by atoms with Crippen LogP contribution in [0.2, 0.25) is 0 Å². The molecule has 154 valence electrons. The fourth-order valence-electron chi connectivity index (χ4n) is 2.92. The number of hydrogen-bond acceptors (Lipinski definition) is 4. The van der Waals surface area contributed by atoms with Crippen LogP contribution in [0.5, 0.6) is 0 Å². The molecule has 0 N–H and O–H groups in total. The maximum absolute atomic E-state index is 11.5. The normalized spacial score (nSPS) is 17.8. The molecular formula is C24H35NO3. The summed E-state index contributed by atoms with van der Waals surface area (Å²) in [4.78, 5) is 13.8. The van der Waals surface area contributed by atoms with Gasteiger partial charge in [-0.15, -0.1) is 0 Å². The molecule has 1 unspecified atom stereocenters. The molecule has 0 fully saturated rings. The lowest BCUT2D eigenvalue weighted by atomic mass is 9.90. The van der Waals surface area contributed by atoms with E-state index in [2.05, 4.69) is 44.5 Å². The van der Waals surface area contributed by atoms with E-state index in [4.69, 9.17) is 9.47 Å². The highest BCUT2D eigenvalue weighted by atomic mass is 16.5. The Morgan fingerprint density at radius 1 is 1.43 bits per heavy atom. The molecule has 1 aliphatic carbocycles. The molecule has 1 atom stereocenters. The van der Waals surface area contributed by atoms with Crippen LogP contribution in [0, 0.1) is 5.92 Å². The topological polar surface area (TPSA) is 38.8 Å². The average Bonchev–Trinajstić information content (AvgIpc) is 2.72. The van der Waals surface area contributed by atoms with Gasteiger partial charge in [0, 0.05) is 19.0 Å². The molecule has 0 aromatic carbocycles. The third-order valence-electron chi connectivity index (χ3n) is 4.72. The molecule has 0 saturated heterocycles. The van der Waals surface area contributed by atoms with Gasteiger partial charge in [-0.05, 0) is 44.9 Å². The minimum Gasteiger partial charge on any atom is -0.497 e. The van der Waals surface area contributed by atoms with Gasteiger partial charge in [-0.1, -0.05) is 55.5 Å². The van der Waals surface area contributed by atoms with Gasteiger partial charge in [0.2, 0.25) is 0 Å². The molecule has 0 aromatic rings. The summed E-state index contributed by atoms with van der Waals surface area (Å²) < 4.78 is 10.3. The highest BCUT2D eigenvalue weighted by Gasteiger charge is 2.14. The number of carbonyl (C=O) groups excluding carboxylic acids is 1. The van der Waals surface area contributed by atoms with Crippen LogP contribution in [0.3, 0.4) is 0 Å². The summed E-state index contributed by atoms with van der Waals surface area (Å²) in [6.07, 6.45) is 18.5. The largest absolute Gasteiger partial charge is 0.497 e. The van der Waals surface area contributed by atoms with Gasteiger partial charge in [0.1, 0.15) is 6.61 Å². The average molecular weight is 386 g/mol. The molecule has 0 saturated carbocycles. The second-order valence-corrected chi connectivity index (χ2v) is 6.95. The van der Waals surface area contributed by atoms with Crippen LogP contribution < -0.4 is 0 Å². The SMILES string of the molecule is C=C/C=C\CO/C=C(\CC)CN(C)CC/C=C(\C)C1C=CC(C(=O)OC)=CC1. The maximum atomic E-state index is 11.5. The van der Waals surface area contributed by atoms with Crippen LogP contribution in [0.1, 0.15) is 33.1 Å². The van der Waals surface area contributed by atoms with Crippen molar-refractivity contribution >= 4 is 5.97 Å². The summed E-state index contributed by atoms with van der Waals surface area (Å²) in [5.41, 5.74) is 3.27. The fourth-order valence-corrected chi connectivity index (χ4v) is 2.92. The van der Waals surface area contributed by atoms with Gasteiger partial charge < -0.3 is 14.4 Å². The smallest absolute Gasteiger partial charge is 0.337 e. The summed E-state index contributed by atoms with van der Waals surface area (Å²) in [6, 6.07) is 0. The Kier molecular flexibility index (Phi) is 11.7. The minimum atomic E-state index is -0.265. The summed E-state index contributed by atoms with van der Waals surface area (Å²) in [7, 11) is 3.55. The number of methoxy groups -OCH3 is 1. The number of allylic oxidation sites excluding steroid dienone is 5. The van der Waals surface area contributed by atoms with Gasteiger partial charge >= 0.3 is 5.97 Å². The second kappa shape index (κ2) is 13.8. The Balaban J connectivity index is 2.40. The van der Waals surface area contributed by atoms with Gasteiger partial charge in [0.25, 0.3) is 0 Å². The van der Waals surface area contributed by atoms with Crippen LogP contribution in [-0.4, -0.2) is 44.7 Å². The van der Waals surface area contributed by atoms with Gasteiger partial charge in [0.05, 0.1) is 18.9 Å². The molecule has 0 bridgehead atoms. The van der Waals surface area contributed by atoms with E-state index in [1.807, 2.05) is 30.6 Å². The molecule has 0 amide bonds. The number of esters is 1. The number of rotatable bonds is 12. The predicted octanol–water partition coefficient (Wildman–Crippen LogP) is 4.98.